The van der Waals surface area contributed by atoms with Crippen LogP contribution in [0.4, 0.5) is 0 Å². The molecule has 1 aliphatic heterocycles. The number of nitrogens with two attached hydrogens (primary N) is 1. The minimum atomic E-state index is -0.784. The fourth-order valence-electron chi connectivity index (χ4n) is 3.25. The van der Waals surface area contributed by atoms with Crippen LogP contribution in [0.3, 0.4) is 0 Å². The highest BCUT2D eigenvalue weighted by Gasteiger charge is 2.32. The van der Waals surface area contributed by atoms with E-state index < -0.39 is 12.1 Å². The molecule has 0 bridgehead atoms. The van der Waals surface area contributed by atoms with E-state index in [2.05, 4.69) is 10.3 Å². The summed E-state index contributed by atoms with van der Waals surface area (Å²) in [5.74, 6) is -0.699. The molecule has 29 heavy (non-hydrogen) atoms. The number of unbranched alkanes of at least 4 members (excludes halogenated alkanes) is 1. The summed E-state index contributed by atoms with van der Waals surface area (Å²) >= 11 is 1.32. The first-order valence-electron chi connectivity index (χ1n) is 9.77. The molecule has 0 aliphatic carbocycles. The van der Waals surface area contributed by atoms with Crippen LogP contribution in [0.1, 0.15) is 36.0 Å². The monoisotopic (exact) mass is 418 g/mol. The summed E-state index contributed by atoms with van der Waals surface area (Å²) < 4.78 is 6.46. The summed E-state index contributed by atoms with van der Waals surface area (Å²) in [7, 11) is 0. The van der Waals surface area contributed by atoms with E-state index in [0.717, 1.165) is 16.6 Å². The van der Waals surface area contributed by atoms with Gasteiger partial charge in [-0.05, 0) is 37.9 Å². The molecule has 2 heterocycles. The van der Waals surface area contributed by atoms with Gasteiger partial charge in [0.25, 0.3) is 5.91 Å². The van der Waals surface area contributed by atoms with Crippen LogP contribution in [-0.2, 0) is 14.3 Å². The number of carbonyl (C=O) groups is 3. The van der Waals surface area contributed by atoms with E-state index in [0.29, 0.717) is 37.5 Å². The smallest absolute Gasteiger partial charge is 0.251 e. The van der Waals surface area contributed by atoms with Gasteiger partial charge in [0.1, 0.15) is 0 Å². The van der Waals surface area contributed by atoms with Crippen molar-refractivity contribution in [1.29, 1.82) is 0 Å². The van der Waals surface area contributed by atoms with Crippen LogP contribution >= 0.6 is 11.3 Å². The molecule has 1 fully saturated rings. The highest BCUT2D eigenvalue weighted by Crippen LogP contribution is 2.23. The summed E-state index contributed by atoms with van der Waals surface area (Å²) in [5, 5.41) is 3.20. The van der Waals surface area contributed by atoms with Gasteiger partial charge in [-0.3, -0.25) is 14.4 Å². The van der Waals surface area contributed by atoms with Gasteiger partial charge in [0.05, 0.1) is 29.4 Å². The summed E-state index contributed by atoms with van der Waals surface area (Å²) in [6, 6.07) is 6.84. The zero-order valence-corrected chi connectivity index (χ0v) is 17.2. The van der Waals surface area contributed by atoms with E-state index in [1.165, 1.54) is 18.3 Å². The molecular formula is C20H26N4O4S. The van der Waals surface area contributed by atoms with Crippen LogP contribution in [-0.4, -0.2) is 65.9 Å². The maximum absolute atomic E-state index is 13.1. The van der Waals surface area contributed by atoms with Crippen LogP contribution < -0.4 is 11.1 Å². The molecule has 0 radical (unpaired) electrons. The topological polar surface area (TPSA) is 115 Å². The number of ether oxygens (including phenoxy) is 1. The molecule has 8 nitrogen and oxygen atoms in total. The Morgan fingerprint density at radius 2 is 2.14 bits per heavy atom. The van der Waals surface area contributed by atoms with Gasteiger partial charge >= 0.3 is 0 Å². The first-order valence-corrected chi connectivity index (χ1v) is 10.6. The van der Waals surface area contributed by atoms with Crippen LogP contribution in [0, 0.1) is 0 Å². The third kappa shape index (κ3) is 5.37. The lowest BCUT2D eigenvalue weighted by Crippen LogP contribution is -2.54. The average Bonchev–Trinajstić information content (AvgIpc) is 3.17. The molecule has 0 spiro atoms. The fraction of sp³-hybridized carbons (Fsp3) is 0.500. The van der Waals surface area contributed by atoms with Gasteiger partial charge in [-0.1, -0.05) is 12.1 Å². The van der Waals surface area contributed by atoms with Gasteiger partial charge in [0, 0.05) is 13.5 Å². The number of rotatable bonds is 8. The molecule has 1 aromatic heterocycles. The molecule has 3 rings (SSSR count). The maximum atomic E-state index is 13.1. The molecular weight excluding hydrogens is 392 g/mol. The fourth-order valence-corrected chi connectivity index (χ4v) is 4.21. The van der Waals surface area contributed by atoms with Crippen molar-refractivity contribution in [3.8, 4) is 0 Å². The second kappa shape index (κ2) is 9.91. The SMILES string of the molecule is CC(=O)N1CCOC(C(=O)N[C@@H](CCCCN)C(=O)c2nc3ccccc3s2)C1. The number of aromatic nitrogens is 1. The lowest BCUT2D eigenvalue weighted by Gasteiger charge is -2.32. The Morgan fingerprint density at radius 3 is 2.86 bits per heavy atom. The lowest BCUT2D eigenvalue weighted by atomic mass is 10.0. The Kier molecular flexibility index (Phi) is 7.29. The minimum Gasteiger partial charge on any atom is -0.365 e. The Labute approximate surface area is 173 Å². The van der Waals surface area contributed by atoms with Crippen molar-refractivity contribution in [2.45, 2.75) is 38.3 Å². The largest absolute Gasteiger partial charge is 0.365 e. The molecule has 2 aromatic rings. The molecule has 2 amide bonds. The molecule has 3 N–H and O–H groups in total. The predicted molar refractivity (Wildman–Crippen MR) is 111 cm³/mol. The first kappa shape index (κ1) is 21.4. The number of hydrogen-bond acceptors (Lipinski definition) is 7. The molecule has 1 unspecified atom stereocenters. The third-order valence-corrected chi connectivity index (χ3v) is 5.94. The standard InChI is InChI=1S/C20H26N4O4S/c1-13(25)24-10-11-28-16(12-24)19(27)22-15(7-4-5-9-21)18(26)20-23-14-6-2-3-8-17(14)29-20/h2-3,6,8,15-16H,4-5,7,9-12,21H2,1H3,(H,22,27)/t15-,16?/m0/s1. The summed E-state index contributed by atoms with van der Waals surface area (Å²) in [4.78, 5) is 43.5. The van der Waals surface area contributed by atoms with Gasteiger partial charge in [0.15, 0.2) is 11.1 Å². The molecule has 2 atom stereocenters. The van der Waals surface area contributed by atoms with Crippen molar-refractivity contribution in [2.75, 3.05) is 26.2 Å². The minimum absolute atomic E-state index is 0.101. The zero-order chi connectivity index (χ0) is 20.8. The molecule has 9 heteroatoms. The predicted octanol–water partition coefficient (Wildman–Crippen LogP) is 1.34. The van der Waals surface area contributed by atoms with Gasteiger partial charge in [-0.2, -0.15) is 0 Å². The normalized spacial score (nSPS) is 17.9. The van der Waals surface area contributed by atoms with Crippen molar-refractivity contribution < 1.29 is 19.1 Å². The van der Waals surface area contributed by atoms with Crippen LogP contribution in [0.25, 0.3) is 10.2 Å². The zero-order valence-electron chi connectivity index (χ0n) is 16.4. The Hall–Kier alpha value is -2.36. The number of nitrogens with one attached hydrogen (secondary N) is 1. The van der Waals surface area contributed by atoms with Crippen LogP contribution in [0.15, 0.2) is 24.3 Å². The Morgan fingerprint density at radius 1 is 1.34 bits per heavy atom. The van der Waals surface area contributed by atoms with Gasteiger partial charge < -0.3 is 20.7 Å². The quantitative estimate of drug-likeness (QED) is 0.494. The summed E-state index contributed by atoms with van der Waals surface area (Å²) in [5.41, 5.74) is 6.34. The number of amides is 2. The Bertz CT molecular complexity index is 851. The van der Waals surface area contributed by atoms with E-state index in [9.17, 15) is 14.4 Å². The van der Waals surface area contributed by atoms with E-state index in [4.69, 9.17) is 10.5 Å². The summed E-state index contributed by atoms with van der Waals surface area (Å²) in [6.45, 7) is 2.93. The van der Waals surface area contributed by atoms with Crippen molar-refractivity contribution in [2.24, 2.45) is 5.73 Å². The second-order valence-electron chi connectivity index (χ2n) is 7.02. The number of thiazole rings is 1. The van der Waals surface area contributed by atoms with Gasteiger partial charge in [-0.15, -0.1) is 11.3 Å². The Balaban J connectivity index is 1.72. The van der Waals surface area contributed by atoms with Crippen LogP contribution in [0.2, 0.25) is 0 Å². The number of Topliss-reactive ketones (excluding diaryl/α,β-unsaturated/α-hetero) is 1. The van der Waals surface area contributed by atoms with Crippen LogP contribution in [0.5, 0.6) is 0 Å². The summed E-state index contributed by atoms with van der Waals surface area (Å²) in [6.07, 6.45) is 1.16. The molecule has 1 aliphatic rings. The third-order valence-electron chi connectivity index (χ3n) is 4.89. The van der Waals surface area contributed by atoms with Crippen molar-refractivity contribution in [3.05, 3.63) is 29.3 Å². The second-order valence-corrected chi connectivity index (χ2v) is 8.05. The number of benzene rings is 1. The van der Waals surface area contributed by atoms with E-state index >= 15 is 0 Å². The maximum Gasteiger partial charge on any atom is 0.251 e. The number of carbonyl (C=O) groups excluding carboxylic acids is 3. The van der Waals surface area contributed by atoms with Crippen molar-refractivity contribution in [3.63, 3.8) is 0 Å². The van der Waals surface area contributed by atoms with Gasteiger partial charge in [-0.25, -0.2) is 4.98 Å². The van der Waals surface area contributed by atoms with E-state index in [-0.39, 0.29) is 24.1 Å². The molecule has 0 saturated carbocycles. The molecule has 1 saturated heterocycles. The number of nitrogens with zero attached hydrogens (tertiary/aromatic N) is 2. The highest BCUT2D eigenvalue weighted by atomic mass is 32.1. The first-order chi connectivity index (χ1) is 14.0. The number of fused-ring (bicyclic) bond motifs is 1. The lowest BCUT2D eigenvalue weighted by molar-refractivity contribution is -0.146. The van der Waals surface area contributed by atoms with E-state index in [1.807, 2.05) is 24.3 Å². The van der Waals surface area contributed by atoms with Crippen molar-refractivity contribution >= 4 is 39.2 Å². The number of morpholine rings is 1. The number of para-hydroxylation sites is 1. The number of ketones is 1. The average molecular weight is 419 g/mol. The molecule has 1 aromatic carbocycles. The van der Waals surface area contributed by atoms with E-state index in [1.54, 1.807) is 4.90 Å². The number of hydrogen-bond donors (Lipinski definition) is 2. The van der Waals surface area contributed by atoms with Crippen molar-refractivity contribution in [1.82, 2.24) is 15.2 Å². The molecule has 156 valence electrons. The van der Waals surface area contributed by atoms with Gasteiger partial charge in [0.2, 0.25) is 11.7 Å². The highest BCUT2D eigenvalue weighted by molar-refractivity contribution is 7.20.